The molecule has 274 valence electrons. The second-order valence-corrected chi connectivity index (χ2v) is 16.9. The van der Waals surface area contributed by atoms with Gasteiger partial charge in [-0.25, -0.2) is 0 Å². The highest BCUT2D eigenvalue weighted by atomic mass is 15.1. The fourth-order valence-electron chi connectivity index (χ4n) is 11.2. The fourth-order valence-corrected chi connectivity index (χ4v) is 11.2. The highest BCUT2D eigenvalue weighted by Gasteiger charge is 2.51. The van der Waals surface area contributed by atoms with Gasteiger partial charge in [-0.1, -0.05) is 160 Å². The number of rotatable bonds is 6. The maximum absolute atomic E-state index is 2.54. The van der Waals surface area contributed by atoms with E-state index in [9.17, 15) is 0 Å². The topological polar surface area (TPSA) is 3.24 Å². The second kappa shape index (κ2) is 13.8. The van der Waals surface area contributed by atoms with E-state index in [1.807, 2.05) is 0 Å². The monoisotopic (exact) mass is 723 g/mol. The molecule has 0 N–H and O–H groups in total. The van der Waals surface area contributed by atoms with Crippen LogP contribution in [0.1, 0.15) is 109 Å². The molecule has 7 aromatic rings. The Balaban J connectivity index is 1.09. The van der Waals surface area contributed by atoms with E-state index in [2.05, 4.69) is 169 Å². The van der Waals surface area contributed by atoms with Crippen LogP contribution in [0.3, 0.4) is 0 Å². The largest absolute Gasteiger partial charge is 0.310 e. The Morgan fingerprint density at radius 2 is 0.821 bits per heavy atom. The van der Waals surface area contributed by atoms with Gasteiger partial charge in [-0.15, -0.1) is 0 Å². The molecular weight excluding hydrogens is 675 g/mol. The second-order valence-electron chi connectivity index (χ2n) is 16.9. The van der Waals surface area contributed by atoms with Gasteiger partial charge in [-0.05, 0) is 147 Å². The SMILES string of the molecule is c1ccc(-c2ccc3c(c2)-c2ccccc2C32c3ccccc3-c3ccc(N(c4ccc(C5CCCCC5)cc4)c4ccc(C5CCCCC5)cc4)cc32)cc1. The van der Waals surface area contributed by atoms with Crippen molar-refractivity contribution < 1.29 is 0 Å². The van der Waals surface area contributed by atoms with Crippen molar-refractivity contribution in [2.45, 2.75) is 81.5 Å². The van der Waals surface area contributed by atoms with Crippen LogP contribution in [0.25, 0.3) is 33.4 Å². The lowest BCUT2D eigenvalue weighted by atomic mass is 9.70. The number of nitrogens with zero attached hydrogens (tertiary/aromatic N) is 1. The van der Waals surface area contributed by atoms with Crippen LogP contribution in [0.4, 0.5) is 17.1 Å². The summed E-state index contributed by atoms with van der Waals surface area (Å²) in [4.78, 5) is 2.52. The molecule has 1 nitrogen and oxygen atoms in total. The summed E-state index contributed by atoms with van der Waals surface area (Å²) in [5, 5.41) is 0. The van der Waals surface area contributed by atoms with Gasteiger partial charge in [-0.2, -0.15) is 0 Å². The molecule has 1 spiro atoms. The molecular formula is C55H49N. The van der Waals surface area contributed by atoms with E-state index >= 15 is 0 Å². The molecule has 2 fully saturated rings. The fraction of sp³-hybridized carbons (Fsp3) is 0.236. The zero-order valence-electron chi connectivity index (χ0n) is 32.3. The number of hydrogen-bond donors (Lipinski definition) is 0. The third-order valence-electron chi connectivity index (χ3n) is 13.9. The van der Waals surface area contributed by atoms with Crippen LogP contribution in [-0.2, 0) is 5.41 Å². The Bertz CT molecular complexity index is 2470. The van der Waals surface area contributed by atoms with Gasteiger partial charge >= 0.3 is 0 Å². The van der Waals surface area contributed by atoms with Gasteiger partial charge in [0, 0.05) is 17.1 Å². The quantitative estimate of drug-likeness (QED) is 0.165. The van der Waals surface area contributed by atoms with E-state index in [1.165, 1.54) is 148 Å². The van der Waals surface area contributed by atoms with E-state index in [0.717, 1.165) is 0 Å². The lowest BCUT2D eigenvalue weighted by Crippen LogP contribution is -2.26. The van der Waals surface area contributed by atoms with Crippen LogP contribution in [0.15, 0.2) is 164 Å². The number of hydrogen-bond acceptors (Lipinski definition) is 1. The van der Waals surface area contributed by atoms with Gasteiger partial charge in [-0.3, -0.25) is 0 Å². The Morgan fingerprint density at radius 3 is 1.41 bits per heavy atom. The zero-order chi connectivity index (χ0) is 37.1. The third kappa shape index (κ3) is 5.35. The summed E-state index contributed by atoms with van der Waals surface area (Å²) in [5.41, 5.74) is 19.6. The minimum atomic E-state index is -0.412. The third-order valence-corrected chi connectivity index (χ3v) is 13.9. The van der Waals surface area contributed by atoms with Crippen LogP contribution in [-0.4, -0.2) is 0 Å². The summed E-state index contributed by atoms with van der Waals surface area (Å²) in [7, 11) is 0. The number of fused-ring (bicyclic) bond motifs is 10. The summed E-state index contributed by atoms with van der Waals surface area (Å²) in [6, 6.07) is 63.0. The summed E-state index contributed by atoms with van der Waals surface area (Å²) >= 11 is 0. The number of benzene rings is 7. The first-order chi connectivity index (χ1) is 27.8. The van der Waals surface area contributed by atoms with Crippen molar-refractivity contribution in [3.05, 3.63) is 197 Å². The van der Waals surface area contributed by atoms with Crippen molar-refractivity contribution in [3.8, 4) is 33.4 Å². The number of anilines is 3. The molecule has 2 saturated carbocycles. The minimum absolute atomic E-state index is 0.412. The lowest BCUT2D eigenvalue weighted by Gasteiger charge is -2.32. The van der Waals surface area contributed by atoms with Gasteiger partial charge in [0.15, 0.2) is 0 Å². The van der Waals surface area contributed by atoms with Gasteiger partial charge in [0.1, 0.15) is 0 Å². The average molecular weight is 724 g/mol. The van der Waals surface area contributed by atoms with Crippen LogP contribution in [0.2, 0.25) is 0 Å². The van der Waals surface area contributed by atoms with Crippen LogP contribution >= 0.6 is 0 Å². The summed E-state index contributed by atoms with van der Waals surface area (Å²) in [6.07, 6.45) is 13.4. The van der Waals surface area contributed by atoms with Crippen molar-refractivity contribution >= 4 is 17.1 Å². The molecule has 11 rings (SSSR count). The minimum Gasteiger partial charge on any atom is -0.310 e. The molecule has 0 radical (unpaired) electrons. The Kier molecular flexibility index (Phi) is 8.31. The Hall–Kier alpha value is -5.66. The molecule has 0 amide bonds. The van der Waals surface area contributed by atoms with Gasteiger partial charge in [0.05, 0.1) is 5.41 Å². The predicted molar refractivity (Wildman–Crippen MR) is 235 cm³/mol. The highest BCUT2D eigenvalue weighted by molar-refractivity contribution is 5.97. The average Bonchev–Trinajstić information content (AvgIpc) is 3.74. The molecule has 0 aromatic heterocycles. The summed E-state index contributed by atoms with van der Waals surface area (Å²) in [5.74, 6) is 1.37. The maximum atomic E-state index is 2.54. The molecule has 0 heterocycles. The van der Waals surface area contributed by atoms with Crippen LogP contribution in [0, 0.1) is 0 Å². The van der Waals surface area contributed by atoms with Crippen molar-refractivity contribution in [1.82, 2.24) is 0 Å². The highest BCUT2D eigenvalue weighted by Crippen LogP contribution is 2.63. The Morgan fingerprint density at radius 1 is 0.339 bits per heavy atom. The van der Waals surface area contributed by atoms with Crippen molar-refractivity contribution in [2.75, 3.05) is 4.90 Å². The molecule has 7 aromatic carbocycles. The molecule has 0 bridgehead atoms. The van der Waals surface area contributed by atoms with E-state index in [-0.39, 0.29) is 0 Å². The van der Waals surface area contributed by atoms with Crippen molar-refractivity contribution in [1.29, 1.82) is 0 Å². The molecule has 0 saturated heterocycles. The van der Waals surface area contributed by atoms with Crippen LogP contribution < -0.4 is 4.90 Å². The molecule has 1 atom stereocenters. The van der Waals surface area contributed by atoms with E-state index in [0.29, 0.717) is 11.8 Å². The van der Waals surface area contributed by atoms with Gasteiger partial charge < -0.3 is 4.90 Å². The smallest absolute Gasteiger partial charge is 0.0726 e. The standard InChI is InChI=1S/C55H49N/c1-4-14-38(15-5-1)41-24-29-44(30-25-41)56(45-31-26-42(27-32-45)39-16-6-2-7-17-39)46-33-34-49-47-20-10-12-22-51(47)55(54(49)37-46)52-23-13-11-21-48(52)50-36-43(28-35-53(50)55)40-18-8-3-9-19-40/h3,8-13,18-39H,1-2,4-7,14-17H2. The first kappa shape index (κ1) is 33.7. The molecule has 1 heteroatoms. The zero-order valence-corrected chi connectivity index (χ0v) is 32.3. The van der Waals surface area contributed by atoms with Crippen molar-refractivity contribution in [3.63, 3.8) is 0 Å². The summed E-state index contributed by atoms with van der Waals surface area (Å²) < 4.78 is 0. The predicted octanol–water partition coefficient (Wildman–Crippen LogP) is 15.3. The maximum Gasteiger partial charge on any atom is 0.0726 e. The lowest BCUT2D eigenvalue weighted by molar-refractivity contribution is 0.443. The van der Waals surface area contributed by atoms with Gasteiger partial charge in [0.2, 0.25) is 0 Å². The van der Waals surface area contributed by atoms with E-state index in [1.54, 1.807) is 0 Å². The van der Waals surface area contributed by atoms with Gasteiger partial charge in [0.25, 0.3) is 0 Å². The van der Waals surface area contributed by atoms with Crippen LogP contribution in [0.5, 0.6) is 0 Å². The van der Waals surface area contributed by atoms with E-state index < -0.39 is 5.41 Å². The first-order valence-corrected chi connectivity index (χ1v) is 21.3. The molecule has 4 aliphatic carbocycles. The van der Waals surface area contributed by atoms with Crippen molar-refractivity contribution in [2.24, 2.45) is 0 Å². The Labute approximate surface area is 332 Å². The molecule has 4 aliphatic rings. The van der Waals surface area contributed by atoms with E-state index in [4.69, 9.17) is 0 Å². The molecule has 0 aliphatic heterocycles. The summed E-state index contributed by atoms with van der Waals surface area (Å²) in [6.45, 7) is 0. The molecule has 1 unspecified atom stereocenters. The first-order valence-electron chi connectivity index (χ1n) is 21.3. The molecule has 56 heavy (non-hydrogen) atoms. The normalized spacial score (nSPS) is 18.6.